The van der Waals surface area contributed by atoms with E-state index in [-0.39, 0.29) is 5.60 Å². The Morgan fingerprint density at radius 2 is 2.31 bits per heavy atom. The van der Waals surface area contributed by atoms with Gasteiger partial charge in [-0.3, -0.25) is 0 Å². The Hall–Kier alpha value is -0.680. The summed E-state index contributed by atoms with van der Waals surface area (Å²) in [4.78, 5) is 0. The summed E-state index contributed by atoms with van der Waals surface area (Å²) in [7, 11) is 0. The molecule has 0 aromatic carbocycles. The van der Waals surface area contributed by atoms with Gasteiger partial charge in [0.05, 0.1) is 5.60 Å². The van der Waals surface area contributed by atoms with E-state index in [4.69, 9.17) is 4.74 Å². The first-order chi connectivity index (χ1) is 7.59. The Morgan fingerprint density at radius 3 is 2.94 bits per heavy atom. The predicted molar refractivity (Wildman–Crippen MR) is 66.0 cm³/mol. The smallest absolute Gasteiger partial charge is 0.205 e. The number of anilines is 1. The van der Waals surface area contributed by atoms with Crippen molar-refractivity contribution in [3.63, 3.8) is 0 Å². The number of nitrogens with one attached hydrogen (secondary N) is 1. The molecule has 1 unspecified atom stereocenters. The van der Waals surface area contributed by atoms with E-state index in [1.807, 2.05) is 0 Å². The molecule has 1 aliphatic rings. The summed E-state index contributed by atoms with van der Waals surface area (Å²) in [6.07, 6.45) is 3.02. The summed E-state index contributed by atoms with van der Waals surface area (Å²) in [5.74, 6) is 0. The third-order valence-corrected chi connectivity index (χ3v) is 3.79. The predicted octanol–water partition coefficient (Wildman–Crippen LogP) is 2.47. The first-order valence-electron chi connectivity index (χ1n) is 5.82. The molecule has 90 valence electrons. The molecule has 1 N–H and O–H groups in total. The summed E-state index contributed by atoms with van der Waals surface area (Å²) in [6.45, 7) is 7.20. The van der Waals surface area contributed by atoms with E-state index in [1.165, 1.54) is 0 Å². The maximum atomic E-state index is 5.69. The van der Waals surface area contributed by atoms with E-state index < -0.39 is 0 Å². The van der Waals surface area contributed by atoms with Gasteiger partial charge in [0.2, 0.25) is 5.13 Å². The topological polar surface area (TPSA) is 47.0 Å². The van der Waals surface area contributed by atoms with Crippen LogP contribution in [0.15, 0.2) is 0 Å². The molecule has 1 aliphatic heterocycles. The van der Waals surface area contributed by atoms with Crippen molar-refractivity contribution in [2.24, 2.45) is 0 Å². The van der Waals surface area contributed by atoms with Gasteiger partial charge in [0, 0.05) is 12.6 Å². The van der Waals surface area contributed by atoms with Crippen molar-refractivity contribution in [3.05, 3.63) is 5.01 Å². The largest absolute Gasteiger partial charge is 0.375 e. The minimum atomic E-state index is -0.0197. The molecule has 0 spiro atoms. The quantitative estimate of drug-likeness (QED) is 0.883. The van der Waals surface area contributed by atoms with Gasteiger partial charge in [0.25, 0.3) is 0 Å². The average molecular weight is 241 g/mol. The van der Waals surface area contributed by atoms with Gasteiger partial charge in [-0.1, -0.05) is 18.3 Å². The Kier molecular flexibility index (Phi) is 3.44. The SMILES string of the molecule is CCc1nnc(NC2CCOC(C)(C)C2)s1. The van der Waals surface area contributed by atoms with E-state index in [0.717, 1.165) is 36.0 Å². The molecular formula is C11H19N3OS. The second-order valence-electron chi connectivity index (χ2n) is 4.80. The third kappa shape index (κ3) is 2.92. The van der Waals surface area contributed by atoms with Crippen LogP contribution in [0.5, 0.6) is 0 Å². The highest BCUT2D eigenvalue weighted by Crippen LogP contribution is 2.27. The fraction of sp³-hybridized carbons (Fsp3) is 0.818. The lowest BCUT2D eigenvalue weighted by Gasteiger charge is -2.35. The minimum Gasteiger partial charge on any atom is -0.375 e. The van der Waals surface area contributed by atoms with Crippen LogP contribution in [0.4, 0.5) is 5.13 Å². The standard InChI is InChI=1S/C11H19N3OS/c1-4-9-13-14-10(16-9)12-8-5-6-15-11(2,3)7-8/h8H,4-7H2,1-3H3,(H,12,14). The number of aromatic nitrogens is 2. The molecule has 0 saturated carbocycles. The summed E-state index contributed by atoms with van der Waals surface area (Å²) < 4.78 is 5.69. The summed E-state index contributed by atoms with van der Waals surface area (Å²) in [5, 5.41) is 13.7. The van der Waals surface area contributed by atoms with Gasteiger partial charge in [0.15, 0.2) is 0 Å². The van der Waals surface area contributed by atoms with Crippen LogP contribution in [-0.2, 0) is 11.2 Å². The number of hydrogen-bond acceptors (Lipinski definition) is 5. The maximum Gasteiger partial charge on any atom is 0.205 e. The van der Waals surface area contributed by atoms with Crippen LogP contribution in [0.1, 0.15) is 38.6 Å². The molecule has 1 saturated heterocycles. The van der Waals surface area contributed by atoms with E-state index in [9.17, 15) is 0 Å². The Balaban J connectivity index is 1.94. The Labute approximate surface area is 100 Å². The summed E-state index contributed by atoms with van der Waals surface area (Å²) in [5.41, 5.74) is -0.0197. The first kappa shape index (κ1) is 11.8. The maximum absolute atomic E-state index is 5.69. The molecule has 0 radical (unpaired) electrons. The average Bonchev–Trinajstić information content (AvgIpc) is 2.64. The second-order valence-corrected chi connectivity index (χ2v) is 5.86. The van der Waals surface area contributed by atoms with Gasteiger partial charge >= 0.3 is 0 Å². The number of hydrogen-bond donors (Lipinski definition) is 1. The van der Waals surface area contributed by atoms with Crippen molar-refractivity contribution in [1.82, 2.24) is 10.2 Å². The molecule has 0 amide bonds. The van der Waals surface area contributed by atoms with E-state index in [1.54, 1.807) is 11.3 Å². The molecule has 0 bridgehead atoms. The van der Waals surface area contributed by atoms with Crippen molar-refractivity contribution in [2.75, 3.05) is 11.9 Å². The van der Waals surface area contributed by atoms with Crippen LogP contribution in [0, 0.1) is 0 Å². The zero-order valence-corrected chi connectivity index (χ0v) is 10.9. The van der Waals surface area contributed by atoms with Crippen molar-refractivity contribution in [2.45, 2.75) is 51.7 Å². The lowest BCUT2D eigenvalue weighted by Crippen LogP contribution is -2.40. The molecular weight excluding hydrogens is 222 g/mol. The molecule has 1 aromatic heterocycles. The molecule has 5 heteroatoms. The molecule has 2 heterocycles. The molecule has 1 fully saturated rings. The summed E-state index contributed by atoms with van der Waals surface area (Å²) in [6, 6.07) is 0.460. The van der Waals surface area contributed by atoms with Gasteiger partial charge < -0.3 is 10.1 Å². The monoisotopic (exact) mass is 241 g/mol. The molecule has 2 rings (SSSR count). The van der Waals surface area contributed by atoms with Crippen LogP contribution < -0.4 is 5.32 Å². The van der Waals surface area contributed by atoms with Crippen LogP contribution in [0.3, 0.4) is 0 Å². The van der Waals surface area contributed by atoms with Gasteiger partial charge in [-0.25, -0.2) is 0 Å². The Bertz CT molecular complexity index is 351. The van der Waals surface area contributed by atoms with Crippen LogP contribution >= 0.6 is 11.3 Å². The zero-order chi connectivity index (χ0) is 11.6. The highest BCUT2D eigenvalue weighted by atomic mass is 32.1. The van der Waals surface area contributed by atoms with E-state index in [2.05, 4.69) is 36.3 Å². The van der Waals surface area contributed by atoms with Crippen molar-refractivity contribution in [1.29, 1.82) is 0 Å². The number of ether oxygens (including phenoxy) is 1. The van der Waals surface area contributed by atoms with Gasteiger partial charge in [-0.15, -0.1) is 10.2 Å². The van der Waals surface area contributed by atoms with E-state index >= 15 is 0 Å². The molecule has 1 aromatic rings. The fourth-order valence-electron chi connectivity index (χ4n) is 1.98. The Morgan fingerprint density at radius 1 is 1.50 bits per heavy atom. The van der Waals surface area contributed by atoms with Gasteiger partial charge in [0.1, 0.15) is 5.01 Å². The number of nitrogens with zero attached hydrogens (tertiary/aromatic N) is 2. The second kappa shape index (κ2) is 4.67. The zero-order valence-electron chi connectivity index (χ0n) is 10.1. The fourth-order valence-corrected chi connectivity index (χ4v) is 2.74. The van der Waals surface area contributed by atoms with Crippen molar-refractivity contribution < 1.29 is 4.74 Å². The number of rotatable bonds is 3. The van der Waals surface area contributed by atoms with Crippen molar-refractivity contribution >= 4 is 16.5 Å². The third-order valence-electron chi connectivity index (χ3n) is 2.79. The summed E-state index contributed by atoms with van der Waals surface area (Å²) >= 11 is 1.65. The van der Waals surface area contributed by atoms with Crippen LogP contribution in [0.2, 0.25) is 0 Å². The lowest BCUT2D eigenvalue weighted by molar-refractivity contribution is -0.0553. The molecule has 16 heavy (non-hydrogen) atoms. The lowest BCUT2D eigenvalue weighted by atomic mass is 9.94. The van der Waals surface area contributed by atoms with Gasteiger partial charge in [-0.2, -0.15) is 0 Å². The highest BCUT2D eigenvalue weighted by molar-refractivity contribution is 7.15. The highest BCUT2D eigenvalue weighted by Gasteiger charge is 2.29. The molecule has 4 nitrogen and oxygen atoms in total. The minimum absolute atomic E-state index is 0.0197. The van der Waals surface area contributed by atoms with Crippen LogP contribution in [-0.4, -0.2) is 28.4 Å². The number of aryl methyl sites for hydroxylation is 1. The molecule has 1 atom stereocenters. The van der Waals surface area contributed by atoms with E-state index in [0.29, 0.717) is 6.04 Å². The van der Waals surface area contributed by atoms with Gasteiger partial charge in [-0.05, 0) is 33.1 Å². The molecule has 0 aliphatic carbocycles. The normalized spacial score (nSPS) is 24.3. The van der Waals surface area contributed by atoms with Crippen molar-refractivity contribution in [3.8, 4) is 0 Å². The first-order valence-corrected chi connectivity index (χ1v) is 6.63. The van der Waals surface area contributed by atoms with Crippen LogP contribution in [0.25, 0.3) is 0 Å².